The highest BCUT2D eigenvalue weighted by Crippen LogP contribution is 2.20. The minimum Gasteiger partial charge on any atom is -0.313 e. The van der Waals surface area contributed by atoms with E-state index in [4.69, 9.17) is 0 Å². The highest BCUT2D eigenvalue weighted by Gasteiger charge is 2.22. The number of nitrogens with one attached hydrogen (secondary N) is 1. The molecule has 0 aliphatic carbocycles. The Morgan fingerprint density at radius 3 is 2.83 bits per heavy atom. The summed E-state index contributed by atoms with van der Waals surface area (Å²) in [5, 5.41) is 3.60. The van der Waals surface area contributed by atoms with Crippen LogP contribution in [0.5, 0.6) is 0 Å². The molecule has 2 heterocycles. The first-order valence-electron chi connectivity index (χ1n) is 5.20. The van der Waals surface area contributed by atoms with Gasteiger partial charge < -0.3 is 5.32 Å². The van der Waals surface area contributed by atoms with E-state index in [1.165, 1.54) is 38.6 Å². The summed E-state index contributed by atoms with van der Waals surface area (Å²) in [6.45, 7) is 2.28. The van der Waals surface area contributed by atoms with E-state index in [1.807, 2.05) is 0 Å². The monoisotopic (exact) mass is 166 g/mol. The number of nitrogens with zero attached hydrogens (tertiary/aromatic N) is 1. The Bertz CT molecular complexity index is 159. The molecule has 0 amide bonds. The van der Waals surface area contributed by atoms with Gasteiger partial charge in [0.15, 0.2) is 0 Å². The third-order valence-electron chi connectivity index (χ3n) is 2.99. The Hall–Kier alpha value is -0.370. The minimum absolute atomic E-state index is 0.735. The second-order valence-electron chi connectivity index (χ2n) is 3.92. The molecule has 2 atom stereocenters. The summed E-state index contributed by atoms with van der Waals surface area (Å²) in [6.07, 6.45) is 8.95. The Kier molecular flexibility index (Phi) is 2.77. The Balaban J connectivity index is 1.88. The summed E-state index contributed by atoms with van der Waals surface area (Å²) in [4.78, 5) is 4.37. The molecule has 2 heteroatoms. The van der Waals surface area contributed by atoms with Gasteiger partial charge >= 0.3 is 0 Å². The van der Waals surface area contributed by atoms with E-state index in [0.717, 1.165) is 18.5 Å². The summed E-state index contributed by atoms with van der Waals surface area (Å²) in [5.41, 5.74) is 0. The highest BCUT2D eigenvalue weighted by molar-refractivity contribution is 5.62. The lowest BCUT2D eigenvalue weighted by atomic mass is 9.88. The van der Waals surface area contributed by atoms with Gasteiger partial charge in [0, 0.05) is 24.7 Å². The molecule has 0 aromatic heterocycles. The van der Waals surface area contributed by atoms with Crippen molar-refractivity contribution in [3.63, 3.8) is 0 Å². The van der Waals surface area contributed by atoms with Gasteiger partial charge in [-0.05, 0) is 32.2 Å². The molecule has 1 N–H and O–H groups in total. The van der Waals surface area contributed by atoms with Crippen molar-refractivity contribution in [3.05, 3.63) is 0 Å². The molecule has 68 valence electrons. The van der Waals surface area contributed by atoms with Crippen molar-refractivity contribution in [2.24, 2.45) is 10.9 Å². The molecule has 1 fully saturated rings. The first-order chi connectivity index (χ1) is 5.97. The molecule has 1 saturated heterocycles. The first kappa shape index (κ1) is 8.24. The molecule has 2 aliphatic heterocycles. The molecule has 0 unspecified atom stereocenters. The first-order valence-corrected chi connectivity index (χ1v) is 5.20. The molecule has 0 bridgehead atoms. The smallest absolute Gasteiger partial charge is 0.0385 e. The SMILES string of the molecule is C1=NCCC[C@H]1[C@H]1CCCCN1. The fourth-order valence-corrected chi connectivity index (χ4v) is 2.25. The lowest BCUT2D eigenvalue weighted by Crippen LogP contribution is -2.41. The van der Waals surface area contributed by atoms with Crippen LogP contribution in [-0.2, 0) is 0 Å². The van der Waals surface area contributed by atoms with Crippen molar-refractivity contribution in [1.82, 2.24) is 5.32 Å². The molecule has 0 radical (unpaired) electrons. The number of aliphatic imine (C=N–C) groups is 1. The van der Waals surface area contributed by atoms with Crippen LogP contribution in [0.3, 0.4) is 0 Å². The number of hydrogen-bond acceptors (Lipinski definition) is 2. The number of hydrogen-bond donors (Lipinski definition) is 1. The predicted molar refractivity (Wildman–Crippen MR) is 51.7 cm³/mol. The largest absolute Gasteiger partial charge is 0.313 e. The maximum atomic E-state index is 4.37. The van der Waals surface area contributed by atoms with E-state index in [-0.39, 0.29) is 0 Å². The van der Waals surface area contributed by atoms with Crippen LogP contribution in [0.1, 0.15) is 32.1 Å². The van der Waals surface area contributed by atoms with Crippen LogP contribution in [-0.4, -0.2) is 25.3 Å². The fourth-order valence-electron chi connectivity index (χ4n) is 2.25. The van der Waals surface area contributed by atoms with Gasteiger partial charge in [-0.1, -0.05) is 6.42 Å². The summed E-state index contributed by atoms with van der Waals surface area (Å²) in [6, 6.07) is 0.739. The van der Waals surface area contributed by atoms with Crippen molar-refractivity contribution in [2.75, 3.05) is 13.1 Å². The fraction of sp³-hybridized carbons (Fsp3) is 0.900. The van der Waals surface area contributed by atoms with E-state index in [9.17, 15) is 0 Å². The molecule has 2 rings (SSSR count). The van der Waals surface area contributed by atoms with E-state index in [1.54, 1.807) is 0 Å². The van der Waals surface area contributed by atoms with Gasteiger partial charge in [0.05, 0.1) is 0 Å². The van der Waals surface area contributed by atoms with Gasteiger partial charge in [0.2, 0.25) is 0 Å². The molecule has 0 aromatic rings. The van der Waals surface area contributed by atoms with Crippen molar-refractivity contribution < 1.29 is 0 Å². The topological polar surface area (TPSA) is 24.4 Å². The normalized spacial score (nSPS) is 36.7. The van der Waals surface area contributed by atoms with Crippen LogP contribution in [0.15, 0.2) is 4.99 Å². The Labute approximate surface area is 74.5 Å². The van der Waals surface area contributed by atoms with E-state index >= 15 is 0 Å². The van der Waals surface area contributed by atoms with Crippen LogP contribution >= 0.6 is 0 Å². The van der Waals surface area contributed by atoms with Gasteiger partial charge in [-0.25, -0.2) is 0 Å². The second kappa shape index (κ2) is 4.04. The Morgan fingerprint density at radius 2 is 2.17 bits per heavy atom. The maximum absolute atomic E-state index is 4.37. The summed E-state index contributed by atoms with van der Waals surface area (Å²) in [7, 11) is 0. The lowest BCUT2D eigenvalue weighted by molar-refractivity contribution is 0.330. The third-order valence-corrected chi connectivity index (χ3v) is 2.99. The molecule has 0 spiro atoms. The van der Waals surface area contributed by atoms with Crippen LogP contribution in [0.25, 0.3) is 0 Å². The van der Waals surface area contributed by atoms with Crippen LogP contribution in [0.2, 0.25) is 0 Å². The number of rotatable bonds is 1. The predicted octanol–water partition coefficient (Wildman–Crippen LogP) is 1.61. The average Bonchev–Trinajstić information content (AvgIpc) is 2.21. The van der Waals surface area contributed by atoms with Crippen LogP contribution < -0.4 is 5.32 Å². The molecule has 2 aliphatic rings. The van der Waals surface area contributed by atoms with Gasteiger partial charge in [0.25, 0.3) is 0 Å². The standard InChI is InChI=1S/C10H18N2/c1-2-7-12-10(5-1)9-4-3-6-11-8-9/h8-10,12H,1-7H2/t9-,10-/m1/s1. The molecular formula is C10H18N2. The van der Waals surface area contributed by atoms with Gasteiger partial charge in [-0.15, -0.1) is 0 Å². The van der Waals surface area contributed by atoms with Crippen molar-refractivity contribution in [2.45, 2.75) is 38.1 Å². The quantitative estimate of drug-likeness (QED) is 0.629. The third kappa shape index (κ3) is 1.86. The van der Waals surface area contributed by atoms with Gasteiger partial charge in [-0.3, -0.25) is 4.99 Å². The average molecular weight is 166 g/mol. The lowest BCUT2D eigenvalue weighted by Gasteiger charge is -2.30. The molecular weight excluding hydrogens is 148 g/mol. The molecule has 0 saturated carbocycles. The van der Waals surface area contributed by atoms with Gasteiger partial charge in [0.1, 0.15) is 0 Å². The van der Waals surface area contributed by atoms with E-state index < -0.39 is 0 Å². The zero-order valence-corrected chi connectivity index (χ0v) is 7.63. The summed E-state index contributed by atoms with van der Waals surface area (Å²) in [5.74, 6) is 0.735. The van der Waals surface area contributed by atoms with Crippen molar-refractivity contribution in [3.8, 4) is 0 Å². The van der Waals surface area contributed by atoms with Crippen molar-refractivity contribution in [1.29, 1.82) is 0 Å². The summed E-state index contributed by atoms with van der Waals surface area (Å²) < 4.78 is 0. The molecule has 12 heavy (non-hydrogen) atoms. The molecule has 0 aromatic carbocycles. The second-order valence-corrected chi connectivity index (χ2v) is 3.92. The van der Waals surface area contributed by atoms with Crippen LogP contribution in [0, 0.1) is 5.92 Å². The Morgan fingerprint density at radius 1 is 1.17 bits per heavy atom. The highest BCUT2D eigenvalue weighted by atomic mass is 14.9. The maximum Gasteiger partial charge on any atom is 0.0385 e. The van der Waals surface area contributed by atoms with Gasteiger partial charge in [-0.2, -0.15) is 0 Å². The minimum atomic E-state index is 0.735. The van der Waals surface area contributed by atoms with Crippen molar-refractivity contribution >= 4 is 6.21 Å². The molecule has 2 nitrogen and oxygen atoms in total. The van der Waals surface area contributed by atoms with E-state index in [2.05, 4.69) is 16.5 Å². The zero-order chi connectivity index (χ0) is 8.23. The summed E-state index contributed by atoms with van der Waals surface area (Å²) >= 11 is 0. The number of piperidine rings is 1. The van der Waals surface area contributed by atoms with E-state index in [0.29, 0.717) is 0 Å². The van der Waals surface area contributed by atoms with Crippen LogP contribution in [0.4, 0.5) is 0 Å². The zero-order valence-electron chi connectivity index (χ0n) is 7.63.